The van der Waals surface area contributed by atoms with E-state index in [0.29, 0.717) is 10.3 Å². The van der Waals surface area contributed by atoms with Crippen molar-refractivity contribution < 1.29 is 5.11 Å². The van der Waals surface area contributed by atoms with E-state index in [1.165, 1.54) is 6.42 Å². The zero-order valence-corrected chi connectivity index (χ0v) is 10.5. The average molecular weight is 309 g/mol. The third-order valence-corrected chi connectivity index (χ3v) is 2.57. The Morgan fingerprint density at radius 2 is 2.43 bits per heavy atom. The van der Waals surface area contributed by atoms with Gasteiger partial charge < -0.3 is 5.11 Å². The van der Waals surface area contributed by atoms with Crippen molar-refractivity contribution in [2.24, 2.45) is 0 Å². The summed E-state index contributed by atoms with van der Waals surface area (Å²) in [6.45, 7) is 3.27. The van der Waals surface area contributed by atoms with Gasteiger partial charge in [-0.15, -0.1) is 5.10 Å². The summed E-state index contributed by atoms with van der Waals surface area (Å²) < 4.78 is 2.57. The number of aliphatic hydroxyl groups is 1. The summed E-state index contributed by atoms with van der Waals surface area (Å²) in [6, 6.07) is 0. The molecular weight excluding hydrogens is 293 g/mol. The third-order valence-electron chi connectivity index (χ3n) is 1.94. The molecule has 0 aliphatic heterocycles. The molecule has 0 saturated carbocycles. The van der Waals surface area contributed by atoms with Gasteiger partial charge in [-0.1, -0.05) is 34.7 Å². The molecule has 1 atom stereocenters. The van der Waals surface area contributed by atoms with Crippen LogP contribution in [-0.4, -0.2) is 30.6 Å². The van der Waals surface area contributed by atoms with Gasteiger partial charge in [-0.3, -0.25) is 4.68 Å². The first-order valence-electron chi connectivity index (χ1n) is 4.86. The zero-order chi connectivity index (χ0) is 10.4. The van der Waals surface area contributed by atoms with Crippen molar-refractivity contribution in [3.05, 3.63) is 11.9 Å². The van der Waals surface area contributed by atoms with E-state index in [1.807, 2.05) is 10.9 Å². The average Bonchev–Trinajstić information content (AvgIpc) is 2.53. The van der Waals surface area contributed by atoms with Gasteiger partial charge in [-0.05, 0) is 12.8 Å². The Hall–Kier alpha value is -0.170. The molecule has 0 aliphatic carbocycles. The number of nitrogens with zero attached hydrogens (tertiary/aromatic N) is 3. The fourth-order valence-electron chi connectivity index (χ4n) is 1.21. The molecule has 0 radical (unpaired) electrons. The van der Waals surface area contributed by atoms with Gasteiger partial charge in [-0.25, -0.2) is 0 Å². The van der Waals surface area contributed by atoms with Crippen molar-refractivity contribution in [2.45, 2.75) is 36.7 Å². The standard InChI is InChI=1S/C9H16IN3O/c1-8(10)3-2-5-13-7-9(4-6-14)11-12-13/h7-8,14H,2-6H2,1H3. The van der Waals surface area contributed by atoms with E-state index in [-0.39, 0.29) is 6.61 Å². The number of hydrogen-bond acceptors (Lipinski definition) is 3. The summed E-state index contributed by atoms with van der Waals surface area (Å²) in [4.78, 5) is 0. The number of rotatable bonds is 6. The van der Waals surface area contributed by atoms with Crippen LogP contribution in [0.4, 0.5) is 0 Å². The molecule has 0 saturated heterocycles. The number of halogens is 1. The minimum Gasteiger partial charge on any atom is -0.396 e. The van der Waals surface area contributed by atoms with Crippen molar-refractivity contribution in [3.63, 3.8) is 0 Å². The van der Waals surface area contributed by atoms with Crippen molar-refractivity contribution in [1.82, 2.24) is 15.0 Å². The molecular formula is C9H16IN3O. The second-order valence-corrected chi connectivity index (χ2v) is 5.50. The SMILES string of the molecule is CC(I)CCCn1cc(CCO)nn1. The van der Waals surface area contributed by atoms with Crippen LogP contribution >= 0.6 is 22.6 Å². The monoisotopic (exact) mass is 309 g/mol. The van der Waals surface area contributed by atoms with Gasteiger partial charge in [-0.2, -0.15) is 0 Å². The minimum atomic E-state index is 0.142. The molecule has 0 amide bonds. The second-order valence-electron chi connectivity index (χ2n) is 3.37. The highest BCUT2D eigenvalue weighted by Gasteiger charge is 2.00. The van der Waals surface area contributed by atoms with E-state index < -0.39 is 0 Å². The molecule has 1 aromatic heterocycles. The van der Waals surface area contributed by atoms with Crippen LogP contribution in [0.25, 0.3) is 0 Å². The Bertz CT molecular complexity index is 262. The van der Waals surface area contributed by atoms with E-state index in [2.05, 4.69) is 39.8 Å². The van der Waals surface area contributed by atoms with Crippen LogP contribution in [0.2, 0.25) is 0 Å². The van der Waals surface area contributed by atoms with Crippen LogP contribution in [0.5, 0.6) is 0 Å². The topological polar surface area (TPSA) is 50.9 Å². The zero-order valence-electron chi connectivity index (χ0n) is 8.36. The van der Waals surface area contributed by atoms with E-state index >= 15 is 0 Å². The fourth-order valence-corrected chi connectivity index (χ4v) is 1.65. The van der Waals surface area contributed by atoms with Crippen LogP contribution in [-0.2, 0) is 13.0 Å². The van der Waals surface area contributed by atoms with Crippen LogP contribution in [0, 0.1) is 0 Å². The van der Waals surface area contributed by atoms with Gasteiger partial charge in [0, 0.05) is 29.7 Å². The van der Waals surface area contributed by atoms with Gasteiger partial charge >= 0.3 is 0 Å². The predicted octanol–water partition coefficient (Wildman–Crippen LogP) is 1.42. The Morgan fingerprint density at radius 3 is 3.07 bits per heavy atom. The summed E-state index contributed by atoms with van der Waals surface area (Å²) in [6.07, 6.45) is 4.85. The molecule has 1 N–H and O–H groups in total. The Kier molecular flexibility index (Phi) is 5.39. The van der Waals surface area contributed by atoms with Gasteiger partial charge in [0.15, 0.2) is 0 Å². The smallest absolute Gasteiger partial charge is 0.0849 e. The van der Waals surface area contributed by atoms with Crippen molar-refractivity contribution >= 4 is 22.6 Å². The van der Waals surface area contributed by atoms with Crippen molar-refractivity contribution in [2.75, 3.05) is 6.61 Å². The summed E-state index contributed by atoms with van der Waals surface area (Å²) in [5.74, 6) is 0. The summed E-state index contributed by atoms with van der Waals surface area (Å²) in [5, 5.41) is 16.6. The fraction of sp³-hybridized carbons (Fsp3) is 0.778. The van der Waals surface area contributed by atoms with Gasteiger partial charge in [0.2, 0.25) is 0 Å². The molecule has 1 rings (SSSR count). The van der Waals surface area contributed by atoms with Crippen LogP contribution in [0.1, 0.15) is 25.5 Å². The molecule has 14 heavy (non-hydrogen) atoms. The van der Waals surface area contributed by atoms with Crippen LogP contribution < -0.4 is 0 Å². The summed E-state index contributed by atoms with van der Waals surface area (Å²) >= 11 is 2.43. The number of aromatic nitrogens is 3. The van der Waals surface area contributed by atoms with Gasteiger partial charge in [0.25, 0.3) is 0 Å². The van der Waals surface area contributed by atoms with Crippen molar-refractivity contribution in [3.8, 4) is 0 Å². The Balaban J connectivity index is 2.28. The van der Waals surface area contributed by atoms with E-state index in [1.54, 1.807) is 0 Å². The molecule has 1 unspecified atom stereocenters. The van der Waals surface area contributed by atoms with E-state index in [4.69, 9.17) is 5.11 Å². The molecule has 0 fully saturated rings. The number of alkyl halides is 1. The lowest BCUT2D eigenvalue weighted by atomic mass is 10.2. The quantitative estimate of drug-likeness (QED) is 0.639. The molecule has 0 aliphatic rings. The highest BCUT2D eigenvalue weighted by Crippen LogP contribution is 2.08. The Labute approximate surface area is 97.8 Å². The first-order chi connectivity index (χ1) is 6.72. The van der Waals surface area contributed by atoms with Crippen LogP contribution in [0.15, 0.2) is 6.20 Å². The lowest BCUT2D eigenvalue weighted by Crippen LogP contribution is -2.01. The molecule has 0 bridgehead atoms. The number of aryl methyl sites for hydroxylation is 1. The predicted molar refractivity (Wildman–Crippen MR) is 63.5 cm³/mol. The maximum absolute atomic E-state index is 8.70. The first kappa shape index (κ1) is 11.9. The van der Waals surface area contributed by atoms with E-state index in [9.17, 15) is 0 Å². The molecule has 4 nitrogen and oxygen atoms in total. The largest absolute Gasteiger partial charge is 0.396 e. The molecule has 1 heterocycles. The first-order valence-corrected chi connectivity index (χ1v) is 6.11. The lowest BCUT2D eigenvalue weighted by Gasteiger charge is -2.01. The lowest BCUT2D eigenvalue weighted by molar-refractivity contribution is 0.298. The third kappa shape index (κ3) is 4.36. The Morgan fingerprint density at radius 1 is 1.64 bits per heavy atom. The summed E-state index contributed by atoms with van der Waals surface area (Å²) in [5.41, 5.74) is 0.870. The normalized spacial score (nSPS) is 13.1. The molecule has 0 aromatic carbocycles. The highest BCUT2D eigenvalue weighted by molar-refractivity contribution is 14.1. The highest BCUT2D eigenvalue weighted by atomic mass is 127. The number of aliphatic hydroxyl groups excluding tert-OH is 1. The minimum absolute atomic E-state index is 0.142. The molecule has 1 aromatic rings. The van der Waals surface area contributed by atoms with Crippen LogP contribution in [0.3, 0.4) is 0 Å². The molecule has 80 valence electrons. The van der Waals surface area contributed by atoms with Gasteiger partial charge in [0.05, 0.1) is 5.69 Å². The molecule has 0 spiro atoms. The summed E-state index contributed by atoms with van der Waals surface area (Å²) in [7, 11) is 0. The maximum atomic E-state index is 8.70. The van der Waals surface area contributed by atoms with E-state index in [0.717, 1.165) is 18.7 Å². The second kappa shape index (κ2) is 6.34. The van der Waals surface area contributed by atoms with Gasteiger partial charge in [0.1, 0.15) is 0 Å². The van der Waals surface area contributed by atoms with Crippen molar-refractivity contribution in [1.29, 1.82) is 0 Å². The molecule has 5 heteroatoms. The maximum Gasteiger partial charge on any atom is 0.0849 e. The number of hydrogen-bond donors (Lipinski definition) is 1.